The number of alkyl halides is 3. The summed E-state index contributed by atoms with van der Waals surface area (Å²) >= 11 is 0. The maximum Gasteiger partial charge on any atom is 0.573 e. The molecule has 2 aliphatic heterocycles. The quantitative estimate of drug-likeness (QED) is 0.704. The van der Waals surface area contributed by atoms with Crippen LogP contribution in [0, 0.1) is 5.92 Å². The third-order valence-corrected chi connectivity index (χ3v) is 5.75. The average Bonchev–Trinajstić information content (AvgIpc) is 2.78. The van der Waals surface area contributed by atoms with Crippen molar-refractivity contribution in [3.63, 3.8) is 0 Å². The van der Waals surface area contributed by atoms with Gasteiger partial charge < -0.3 is 25.0 Å². The van der Waals surface area contributed by atoms with Crippen LogP contribution in [-0.2, 0) is 6.54 Å². The number of nitrogens with zero attached hydrogens (tertiary/aromatic N) is 1. The van der Waals surface area contributed by atoms with Gasteiger partial charge in [0.05, 0.1) is 12.2 Å². The van der Waals surface area contributed by atoms with Crippen molar-refractivity contribution in [2.24, 2.45) is 5.92 Å². The molecule has 0 bridgehead atoms. The first-order valence-corrected chi connectivity index (χ1v) is 10.7. The van der Waals surface area contributed by atoms with Gasteiger partial charge >= 0.3 is 6.36 Å². The summed E-state index contributed by atoms with van der Waals surface area (Å²) in [6.45, 7) is 3.69. The van der Waals surface area contributed by atoms with E-state index in [0.29, 0.717) is 42.5 Å². The summed E-state index contributed by atoms with van der Waals surface area (Å²) in [6, 6.07) is 11.3. The van der Waals surface area contributed by atoms with Crippen LogP contribution in [0.2, 0.25) is 0 Å². The van der Waals surface area contributed by atoms with Crippen LogP contribution in [-0.4, -0.2) is 45.1 Å². The Labute approximate surface area is 184 Å². The molecule has 0 aliphatic carbocycles. The van der Waals surface area contributed by atoms with E-state index in [0.717, 1.165) is 31.6 Å². The number of para-hydroxylation sites is 1. The molecular weight excluding hydrogens is 423 g/mol. The molecule has 9 heteroatoms. The minimum absolute atomic E-state index is 0.157. The second-order valence-corrected chi connectivity index (χ2v) is 8.01. The number of anilines is 1. The predicted octanol–water partition coefficient (Wildman–Crippen LogP) is 3.71. The van der Waals surface area contributed by atoms with Crippen molar-refractivity contribution < 1.29 is 27.4 Å². The standard InChI is InChI=1S/C23H26F3N3O3/c24-23(25,26)32-20-4-2-1-3-18(20)15-29-11-12-31-21-13-17(5-6-19(21)29)22(30)28-14-16-7-9-27-10-8-16/h1-6,13,16,27H,7-12,14-15H2,(H,28,30). The van der Waals surface area contributed by atoms with Crippen molar-refractivity contribution in [2.45, 2.75) is 25.7 Å². The number of benzene rings is 2. The topological polar surface area (TPSA) is 62.8 Å². The van der Waals surface area contributed by atoms with Crippen LogP contribution in [0.25, 0.3) is 0 Å². The molecule has 1 fully saturated rings. The molecule has 6 nitrogen and oxygen atoms in total. The molecule has 4 rings (SSSR count). The van der Waals surface area contributed by atoms with Gasteiger partial charge in [-0.2, -0.15) is 0 Å². The van der Waals surface area contributed by atoms with Gasteiger partial charge in [0.1, 0.15) is 18.1 Å². The first kappa shape index (κ1) is 22.3. The number of nitrogens with one attached hydrogen (secondary N) is 2. The van der Waals surface area contributed by atoms with Crippen molar-refractivity contribution in [3.8, 4) is 11.5 Å². The van der Waals surface area contributed by atoms with E-state index < -0.39 is 6.36 Å². The van der Waals surface area contributed by atoms with Gasteiger partial charge in [-0.15, -0.1) is 13.2 Å². The normalized spacial score (nSPS) is 16.8. The first-order chi connectivity index (χ1) is 15.4. The summed E-state index contributed by atoms with van der Waals surface area (Å²) in [5.41, 5.74) is 1.65. The Bertz CT molecular complexity index is 946. The van der Waals surface area contributed by atoms with Crippen molar-refractivity contribution in [1.29, 1.82) is 0 Å². The number of carbonyl (C=O) groups excluding carboxylic acids is 1. The fourth-order valence-electron chi connectivity index (χ4n) is 4.07. The van der Waals surface area contributed by atoms with Gasteiger partial charge in [-0.1, -0.05) is 18.2 Å². The van der Waals surface area contributed by atoms with Crippen molar-refractivity contribution in [2.75, 3.05) is 37.7 Å². The van der Waals surface area contributed by atoms with Gasteiger partial charge in [0.2, 0.25) is 0 Å². The highest BCUT2D eigenvalue weighted by molar-refractivity contribution is 5.95. The van der Waals surface area contributed by atoms with Gasteiger partial charge in [-0.05, 0) is 56.1 Å². The van der Waals surface area contributed by atoms with Crippen molar-refractivity contribution in [3.05, 3.63) is 53.6 Å². The summed E-state index contributed by atoms with van der Waals surface area (Å²) in [7, 11) is 0. The molecule has 32 heavy (non-hydrogen) atoms. The second-order valence-electron chi connectivity index (χ2n) is 8.01. The van der Waals surface area contributed by atoms with E-state index in [1.54, 1.807) is 30.3 Å². The number of ether oxygens (including phenoxy) is 2. The molecule has 0 spiro atoms. The highest BCUT2D eigenvalue weighted by Crippen LogP contribution is 2.35. The molecule has 2 aromatic carbocycles. The lowest BCUT2D eigenvalue weighted by Gasteiger charge is -2.32. The average molecular weight is 449 g/mol. The number of amides is 1. The highest BCUT2D eigenvalue weighted by atomic mass is 19.4. The molecule has 2 aromatic rings. The van der Waals surface area contributed by atoms with Crippen LogP contribution in [0.4, 0.5) is 18.9 Å². The summed E-state index contributed by atoms with van der Waals surface area (Å²) in [5.74, 6) is 0.640. The third-order valence-electron chi connectivity index (χ3n) is 5.75. The fourth-order valence-corrected chi connectivity index (χ4v) is 4.07. The van der Waals surface area contributed by atoms with Crippen LogP contribution >= 0.6 is 0 Å². The minimum atomic E-state index is -4.75. The molecule has 1 amide bonds. The fraction of sp³-hybridized carbons (Fsp3) is 0.435. The zero-order valence-electron chi connectivity index (χ0n) is 17.6. The zero-order valence-corrected chi connectivity index (χ0v) is 17.6. The Balaban J connectivity index is 1.45. The maximum atomic E-state index is 12.7. The van der Waals surface area contributed by atoms with Gasteiger partial charge in [-0.25, -0.2) is 0 Å². The third kappa shape index (κ3) is 5.64. The molecule has 0 atom stereocenters. The molecule has 2 heterocycles. The molecule has 2 aliphatic rings. The largest absolute Gasteiger partial charge is 0.573 e. The Morgan fingerprint density at radius 2 is 1.97 bits per heavy atom. The van der Waals surface area contributed by atoms with E-state index >= 15 is 0 Å². The number of rotatable bonds is 6. The lowest BCUT2D eigenvalue weighted by atomic mass is 9.98. The van der Waals surface area contributed by atoms with E-state index in [4.69, 9.17) is 4.74 Å². The Kier molecular flexibility index (Phi) is 6.74. The molecule has 2 N–H and O–H groups in total. The SMILES string of the molecule is O=C(NCC1CCNCC1)c1ccc2c(c1)OCCN2Cc1ccccc1OC(F)(F)F. The zero-order chi connectivity index (χ0) is 22.6. The van der Waals surface area contributed by atoms with E-state index in [-0.39, 0.29) is 18.2 Å². The molecule has 1 saturated heterocycles. The Morgan fingerprint density at radius 3 is 2.75 bits per heavy atom. The minimum Gasteiger partial charge on any atom is -0.490 e. The number of fused-ring (bicyclic) bond motifs is 1. The number of piperidine rings is 1. The lowest BCUT2D eigenvalue weighted by Crippen LogP contribution is -2.36. The van der Waals surface area contributed by atoms with E-state index in [9.17, 15) is 18.0 Å². The molecule has 0 radical (unpaired) electrons. The van der Waals surface area contributed by atoms with Crippen molar-refractivity contribution >= 4 is 11.6 Å². The second kappa shape index (κ2) is 9.68. The van der Waals surface area contributed by atoms with Crippen molar-refractivity contribution in [1.82, 2.24) is 10.6 Å². The van der Waals surface area contributed by atoms with Crippen LogP contribution in [0.3, 0.4) is 0 Å². The van der Waals surface area contributed by atoms with E-state index in [2.05, 4.69) is 15.4 Å². The predicted molar refractivity (Wildman–Crippen MR) is 114 cm³/mol. The molecule has 172 valence electrons. The summed E-state index contributed by atoms with van der Waals surface area (Å²) < 4.78 is 48.2. The van der Waals surface area contributed by atoms with Crippen LogP contribution in [0.1, 0.15) is 28.8 Å². The van der Waals surface area contributed by atoms with Gasteiger partial charge in [0, 0.05) is 24.2 Å². The molecule has 0 aromatic heterocycles. The first-order valence-electron chi connectivity index (χ1n) is 10.7. The monoisotopic (exact) mass is 449 g/mol. The summed E-state index contributed by atoms with van der Waals surface area (Å²) in [5, 5.41) is 6.30. The Morgan fingerprint density at radius 1 is 1.19 bits per heavy atom. The lowest BCUT2D eigenvalue weighted by molar-refractivity contribution is -0.274. The number of halogens is 3. The Hall–Kier alpha value is -2.94. The number of hydrogen-bond donors (Lipinski definition) is 2. The summed E-state index contributed by atoms with van der Waals surface area (Å²) in [4.78, 5) is 14.5. The number of carbonyl (C=O) groups is 1. The highest BCUT2D eigenvalue weighted by Gasteiger charge is 2.32. The smallest absolute Gasteiger partial charge is 0.490 e. The molecule has 0 unspecified atom stereocenters. The van der Waals surface area contributed by atoms with Gasteiger partial charge in [0.15, 0.2) is 0 Å². The van der Waals surface area contributed by atoms with Gasteiger partial charge in [0.25, 0.3) is 5.91 Å². The molecule has 0 saturated carbocycles. The van der Waals surface area contributed by atoms with E-state index in [1.165, 1.54) is 12.1 Å². The van der Waals surface area contributed by atoms with Gasteiger partial charge in [-0.3, -0.25) is 4.79 Å². The van der Waals surface area contributed by atoms with Crippen LogP contribution < -0.4 is 25.0 Å². The molecular formula is C23H26F3N3O3. The number of hydrogen-bond acceptors (Lipinski definition) is 5. The van der Waals surface area contributed by atoms with Crippen LogP contribution in [0.15, 0.2) is 42.5 Å². The maximum absolute atomic E-state index is 12.7. The van der Waals surface area contributed by atoms with E-state index in [1.807, 2.05) is 4.90 Å². The summed E-state index contributed by atoms with van der Waals surface area (Å²) in [6.07, 6.45) is -2.67. The van der Waals surface area contributed by atoms with Crippen LogP contribution in [0.5, 0.6) is 11.5 Å².